The van der Waals surface area contributed by atoms with Gasteiger partial charge in [-0.1, -0.05) is 18.5 Å². The van der Waals surface area contributed by atoms with E-state index in [1.54, 1.807) is 6.92 Å². The molecule has 0 aromatic heterocycles. The van der Waals surface area contributed by atoms with Crippen LogP contribution in [0.5, 0.6) is 0 Å². The quantitative estimate of drug-likeness (QED) is 0.238. The zero-order valence-corrected chi connectivity index (χ0v) is 10.2. The number of oxime groups is 1. The number of rotatable bonds is 5. The Morgan fingerprint density at radius 1 is 1.25 bits per heavy atom. The molecule has 0 radical (unpaired) electrons. The van der Waals surface area contributed by atoms with Gasteiger partial charge in [-0.2, -0.15) is 26.3 Å². The summed E-state index contributed by atoms with van der Waals surface area (Å²) in [5, 5.41) is 12.3. The summed E-state index contributed by atoms with van der Waals surface area (Å²) in [4.78, 5) is 11.2. The highest BCUT2D eigenvalue weighted by Crippen LogP contribution is 2.39. The number of amides is 1. The lowest BCUT2D eigenvalue weighted by molar-refractivity contribution is -0.274. The van der Waals surface area contributed by atoms with Gasteiger partial charge in [0.05, 0.1) is 6.04 Å². The molecule has 1 unspecified atom stereocenters. The number of hydrogen-bond donors (Lipinski definition) is 3. The van der Waals surface area contributed by atoms with Crippen molar-refractivity contribution in [2.75, 3.05) is 0 Å². The molecule has 118 valence electrons. The Hall–Kier alpha value is -1.68. The first-order valence-electron chi connectivity index (χ1n) is 5.36. The first-order valence-corrected chi connectivity index (χ1v) is 5.36. The van der Waals surface area contributed by atoms with E-state index in [1.165, 1.54) is 5.32 Å². The molecule has 5 nitrogen and oxygen atoms in total. The lowest BCUT2D eigenvalue weighted by atomic mass is 10.1. The van der Waals surface area contributed by atoms with E-state index >= 15 is 0 Å². The minimum Gasteiger partial charge on any atom is -0.409 e. The Bertz CT molecular complexity index is 352. The lowest BCUT2D eigenvalue weighted by Gasteiger charge is -2.24. The van der Waals surface area contributed by atoms with Gasteiger partial charge in [-0.15, -0.1) is 0 Å². The van der Waals surface area contributed by atoms with Crippen LogP contribution >= 0.6 is 0 Å². The smallest absolute Gasteiger partial charge is 0.409 e. The van der Waals surface area contributed by atoms with Gasteiger partial charge < -0.3 is 16.3 Å². The zero-order valence-electron chi connectivity index (χ0n) is 10.2. The normalized spacial score (nSPS) is 15.3. The number of nitrogens with zero attached hydrogens (tertiary/aromatic N) is 1. The molecule has 0 heterocycles. The number of amidine groups is 1. The van der Waals surface area contributed by atoms with Gasteiger partial charge in [0, 0.05) is 0 Å². The van der Waals surface area contributed by atoms with E-state index in [-0.39, 0.29) is 12.8 Å². The Morgan fingerprint density at radius 2 is 1.70 bits per heavy atom. The highest BCUT2D eigenvalue weighted by Gasteiger charge is 2.61. The highest BCUT2D eigenvalue weighted by atomic mass is 19.4. The molecule has 0 saturated heterocycles. The Balaban J connectivity index is 5.19. The summed E-state index contributed by atoms with van der Waals surface area (Å²) in [5.41, 5.74) is 5.09. The van der Waals surface area contributed by atoms with E-state index in [4.69, 9.17) is 10.9 Å². The molecule has 0 bridgehead atoms. The number of nitrogens with one attached hydrogen (secondary N) is 1. The van der Waals surface area contributed by atoms with Gasteiger partial charge >= 0.3 is 12.4 Å². The van der Waals surface area contributed by atoms with Crippen molar-refractivity contribution in [1.29, 1.82) is 0 Å². The molecule has 0 aromatic rings. The number of carbonyl (C=O) groups excluding carboxylic acids is 1. The summed E-state index contributed by atoms with van der Waals surface area (Å²) in [7, 11) is 0. The third-order valence-corrected chi connectivity index (χ3v) is 2.28. The van der Waals surface area contributed by atoms with Crippen molar-refractivity contribution in [2.45, 2.75) is 38.2 Å². The largest absolute Gasteiger partial charge is 0.409 e. The second-order valence-electron chi connectivity index (χ2n) is 3.89. The van der Waals surface area contributed by atoms with Crippen molar-refractivity contribution < 1.29 is 36.3 Å². The summed E-state index contributed by atoms with van der Waals surface area (Å²) in [6, 6.07) is -1.41. The number of hydrogen-bond acceptors (Lipinski definition) is 3. The molecule has 0 fully saturated rings. The Labute approximate surface area is 109 Å². The van der Waals surface area contributed by atoms with Crippen molar-refractivity contribution in [1.82, 2.24) is 5.32 Å². The van der Waals surface area contributed by atoms with Crippen molar-refractivity contribution in [2.24, 2.45) is 16.8 Å². The van der Waals surface area contributed by atoms with Crippen LogP contribution in [-0.2, 0) is 4.79 Å². The first kappa shape index (κ1) is 18.3. The molecule has 4 N–H and O–H groups in total. The van der Waals surface area contributed by atoms with Gasteiger partial charge in [0.25, 0.3) is 0 Å². The highest BCUT2D eigenvalue weighted by molar-refractivity contribution is 5.91. The van der Waals surface area contributed by atoms with Gasteiger partial charge in [0.1, 0.15) is 0 Å². The van der Waals surface area contributed by atoms with Crippen molar-refractivity contribution in [3.63, 3.8) is 0 Å². The molecule has 1 amide bonds. The number of carbonyl (C=O) groups is 1. The van der Waals surface area contributed by atoms with Gasteiger partial charge in [-0.05, 0) is 6.42 Å². The van der Waals surface area contributed by atoms with Gasteiger partial charge in [-0.3, -0.25) is 4.79 Å². The summed E-state index contributed by atoms with van der Waals surface area (Å²) in [6.07, 6.45) is -11.4. The molecule has 0 saturated carbocycles. The van der Waals surface area contributed by atoms with Crippen LogP contribution in [0.15, 0.2) is 5.16 Å². The maximum absolute atomic E-state index is 12.3. The van der Waals surface area contributed by atoms with Crippen LogP contribution in [0.3, 0.4) is 0 Å². The van der Waals surface area contributed by atoms with E-state index in [9.17, 15) is 31.1 Å². The van der Waals surface area contributed by atoms with Crippen LogP contribution in [0.1, 0.15) is 19.8 Å². The maximum Gasteiger partial charge on any atom is 0.409 e. The molecule has 20 heavy (non-hydrogen) atoms. The van der Waals surface area contributed by atoms with Crippen molar-refractivity contribution in [3.05, 3.63) is 0 Å². The second-order valence-corrected chi connectivity index (χ2v) is 3.89. The van der Waals surface area contributed by atoms with Crippen LogP contribution in [0.4, 0.5) is 26.3 Å². The number of nitrogens with two attached hydrogens (primary N) is 1. The van der Waals surface area contributed by atoms with E-state index in [0.717, 1.165) is 0 Å². The second kappa shape index (κ2) is 6.66. The third kappa shape index (κ3) is 5.13. The Morgan fingerprint density at radius 3 is 2.00 bits per heavy atom. The van der Waals surface area contributed by atoms with Gasteiger partial charge in [0.15, 0.2) is 5.84 Å². The van der Waals surface area contributed by atoms with Crippen LogP contribution in [0.25, 0.3) is 0 Å². The molecule has 11 heteroatoms. The molecular weight excluding hydrogens is 296 g/mol. The minimum atomic E-state index is -5.79. The predicted molar refractivity (Wildman–Crippen MR) is 55.8 cm³/mol. The minimum absolute atomic E-state index is 0.0793. The Kier molecular flexibility index (Phi) is 6.10. The van der Waals surface area contributed by atoms with Crippen LogP contribution in [0, 0.1) is 5.92 Å². The predicted octanol–water partition coefficient (Wildman–Crippen LogP) is 1.76. The maximum atomic E-state index is 12.3. The van der Waals surface area contributed by atoms with Crippen molar-refractivity contribution in [3.8, 4) is 0 Å². The molecule has 0 aliphatic heterocycles. The summed E-state index contributed by atoms with van der Waals surface area (Å²) >= 11 is 0. The fourth-order valence-corrected chi connectivity index (χ4v) is 1.39. The number of alkyl halides is 6. The lowest BCUT2D eigenvalue weighted by Crippen LogP contribution is -2.53. The molecule has 0 spiro atoms. The summed E-state index contributed by atoms with van der Waals surface area (Å²) in [5.74, 6) is -7.14. The first-order chi connectivity index (χ1) is 8.95. The summed E-state index contributed by atoms with van der Waals surface area (Å²) < 4.78 is 73.8. The van der Waals surface area contributed by atoms with E-state index in [0.29, 0.717) is 0 Å². The zero-order chi connectivity index (χ0) is 16.1. The average Bonchev–Trinajstić information content (AvgIpc) is 2.23. The van der Waals surface area contributed by atoms with E-state index in [2.05, 4.69) is 5.16 Å². The molecule has 0 aliphatic rings. The fraction of sp³-hybridized carbons (Fsp3) is 0.778. The molecule has 0 rings (SSSR count). The molecule has 0 aromatic carbocycles. The van der Waals surface area contributed by atoms with Gasteiger partial charge in [0.2, 0.25) is 11.8 Å². The fourth-order valence-electron chi connectivity index (χ4n) is 1.39. The van der Waals surface area contributed by atoms with Crippen LogP contribution < -0.4 is 11.1 Å². The standard InChI is InChI=1S/C9H13F6N3O2/c1-2-3-4(6(16)18-20)17-7(19)5(8(10,11)12)9(13,14)15/h4-5,20H,2-3H2,1H3,(H2,16,18)(H,17,19). The molecule has 1 atom stereocenters. The summed E-state index contributed by atoms with van der Waals surface area (Å²) in [6.45, 7) is 1.55. The van der Waals surface area contributed by atoms with Gasteiger partial charge in [-0.25, -0.2) is 0 Å². The average molecular weight is 309 g/mol. The SMILES string of the molecule is CCCC(NC(=O)C(C(F)(F)F)C(F)(F)F)C(N)=NO. The van der Waals surface area contributed by atoms with Crippen LogP contribution in [-0.4, -0.2) is 35.3 Å². The topological polar surface area (TPSA) is 87.7 Å². The van der Waals surface area contributed by atoms with Crippen LogP contribution in [0.2, 0.25) is 0 Å². The van der Waals surface area contributed by atoms with E-state index in [1.807, 2.05) is 0 Å². The number of halogens is 6. The van der Waals surface area contributed by atoms with Crippen molar-refractivity contribution >= 4 is 11.7 Å². The molecule has 0 aliphatic carbocycles. The monoisotopic (exact) mass is 309 g/mol. The third-order valence-electron chi connectivity index (χ3n) is 2.28. The molecular formula is C9H13F6N3O2. The van der Waals surface area contributed by atoms with E-state index < -0.39 is 36.1 Å².